The molecule has 0 spiro atoms. The van der Waals surface area contributed by atoms with E-state index in [9.17, 15) is 14.4 Å². The second-order valence-electron chi connectivity index (χ2n) is 9.36. The Kier molecular flexibility index (Phi) is 7.65. The van der Waals surface area contributed by atoms with Gasteiger partial charge in [0.2, 0.25) is 5.91 Å². The fraction of sp³-hybridized carbons (Fsp3) is 0.538. The molecule has 2 aliphatic rings. The highest BCUT2D eigenvalue weighted by Crippen LogP contribution is 2.26. The number of rotatable bonds is 9. The number of amides is 3. The van der Waals surface area contributed by atoms with Crippen molar-refractivity contribution in [3.63, 3.8) is 0 Å². The minimum absolute atomic E-state index is 0.0369. The molecule has 2 atom stereocenters. The molecule has 8 heteroatoms. The average molecular weight is 467 g/mol. The second kappa shape index (κ2) is 10.8. The van der Waals surface area contributed by atoms with E-state index in [1.165, 1.54) is 0 Å². The van der Waals surface area contributed by atoms with E-state index >= 15 is 0 Å². The van der Waals surface area contributed by atoms with Crippen molar-refractivity contribution in [1.82, 2.24) is 20.5 Å². The van der Waals surface area contributed by atoms with Gasteiger partial charge in [-0.25, -0.2) is 4.98 Å². The number of aromatic nitrogens is 1. The summed E-state index contributed by atoms with van der Waals surface area (Å²) in [5, 5.41) is 6.76. The first-order chi connectivity index (χ1) is 16.5. The largest absolute Gasteiger partial charge is 0.483 e. The number of para-hydroxylation sites is 1. The summed E-state index contributed by atoms with van der Waals surface area (Å²) in [6.45, 7) is 4.38. The van der Waals surface area contributed by atoms with Crippen LogP contribution in [-0.4, -0.2) is 58.9 Å². The Morgan fingerprint density at radius 1 is 1.18 bits per heavy atom. The Balaban J connectivity index is 1.46. The lowest BCUT2D eigenvalue weighted by Gasteiger charge is -2.30. The minimum atomic E-state index is -0.438. The maximum absolute atomic E-state index is 13.0. The average Bonchev–Trinajstić information content (AvgIpc) is 3.29. The SMILES string of the molecule is CCC[C@H](C)NC(=O)c1cc(OCC(=O)N2CCC[C@H]2C(=O)NC2CCC2)c2ccccc2n1. The summed E-state index contributed by atoms with van der Waals surface area (Å²) < 4.78 is 5.94. The maximum atomic E-state index is 13.0. The van der Waals surface area contributed by atoms with Gasteiger partial charge in [0.05, 0.1) is 5.52 Å². The van der Waals surface area contributed by atoms with E-state index in [1.807, 2.05) is 31.2 Å². The van der Waals surface area contributed by atoms with E-state index in [-0.39, 0.29) is 42.1 Å². The molecule has 1 aliphatic carbocycles. The lowest BCUT2D eigenvalue weighted by molar-refractivity contribution is -0.140. The van der Waals surface area contributed by atoms with Crippen LogP contribution >= 0.6 is 0 Å². The Bertz CT molecular complexity index is 1050. The Morgan fingerprint density at radius 3 is 2.71 bits per heavy atom. The van der Waals surface area contributed by atoms with Crippen molar-refractivity contribution in [3.05, 3.63) is 36.0 Å². The highest BCUT2D eigenvalue weighted by atomic mass is 16.5. The van der Waals surface area contributed by atoms with E-state index < -0.39 is 6.04 Å². The van der Waals surface area contributed by atoms with E-state index in [1.54, 1.807) is 11.0 Å². The van der Waals surface area contributed by atoms with Crippen LogP contribution in [0.4, 0.5) is 0 Å². The van der Waals surface area contributed by atoms with Crippen LogP contribution in [0.5, 0.6) is 5.75 Å². The van der Waals surface area contributed by atoms with Gasteiger partial charge in [-0.05, 0) is 57.6 Å². The van der Waals surface area contributed by atoms with Crippen molar-refractivity contribution < 1.29 is 19.1 Å². The zero-order chi connectivity index (χ0) is 24.1. The molecule has 0 radical (unpaired) electrons. The standard InChI is InChI=1S/C26H34N4O4/c1-3-8-17(2)27-25(32)21-15-23(19-11-4-5-12-20(19)29-21)34-16-24(31)30-14-7-13-22(30)26(33)28-18-9-6-10-18/h4-5,11-12,15,17-18,22H,3,6-10,13-14,16H2,1-2H3,(H,27,32)(H,28,33)/t17-,22-/m0/s1. The third-order valence-corrected chi connectivity index (χ3v) is 6.69. The van der Waals surface area contributed by atoms with Crippen LogP contribution in [0.3, 0.4) is 0 Å². The smallest absolute Gasteiger partial charge is 0.270 e. The molecule has 34 heavy (non-hydrogen) atoms. The number of carbonyl (C=O) groups excluding carboxylic acids is 3. The van der Waals surface area contributed by atoms with Gasteiger partial charge in [-0.15, -0.1) is 0 Å². The predicted molar refractivity (Wildman–Crippen MR) is 130 cm³/mol. The molecular formula is C26H34N4O4. The van der Waals surface area contributed by atoms with Crippen LogP contribution in [0.1, 0.15) is 69.3 Å². The molecule has 2 fully saturated rings. The molecule has 8 nitrogen and oxygen atoms in total. The molecule has 2 N–H and O–H groups in total. The molecule has 3 amide bonds. The van der Waals surface area contributed by atoms with Gasteiger partial charge in [-0.3, -0.25) is 14.4 Å². The first kappa shape index (κ1) is 24.0. The molecule has 1 aromatic carbocycles. The third-order valence-electron chi connectivity index (χ3n) is 6.69. The summed E-state index contributed by atoms with van der Waals surface area (Å²) >= 11 is 0. The number of ether oxygens (including phenoxy) is 1. The zero-order valence-electron chi connectivity index (χ0n) is 20.0. The summed E-state index contributed by atoms with van der Waals surface area (Å²) in [5.74, 6) is -0.128. The Labute approximate surface area is 200 Å². The fourth-order valence-corrected chi connectivity index (χ4v) is 4.59. The molecule has 1 aliphatic heterocycles. The number of carbonyl (C=O) groups is 3. The number of benzene rings is 1. The number of hydrogen-bond donors (Lipinski definition) is 2. The van der Waals surface area contributed by atoms with Crippen molar-refractivity contribution in [2.24, 2.45) is 0 Å². The van der Waals surface area contributed by atoms with Crippen LogP contribution in [0, 0.1) is 0 Å². The number of nitrogens with zero attached hydrogens (tertiary/aromatic N) is 2. The molecule has 182 valence electrons. The summed E-state index contributed by atoms with van der Waals surface area (Å²) in [5.41, 5.74) is 0.877. The minimum Gasteiger partial charge on any atom is -0.483 e. The van der Waals surface area contributed by atoms with Gasteiger partial charge in [0.25, 0.3) is 11.8 Å². The quantitative estimate of drug-likeness (QED) is 0.591. The third kappa shape index (κ3) is 5.48. The van der Waals surface area contributed by atoms with Crippen LogP contribution < -0.4 is 15.4 Å². The van der Waals surface area contributed by atoms with Crippen molar-refractivity contribution >= 4 is 28.6 Å². The highest BCUT2D eigenvalue weighted by molar-refractivity contribution is 5.97. The molecule has 1 saturated heterocycles. The van der Waals surface area contributed by atoms with Crippen LogP contribution in [0.2, 0.25) is 0 Å². The van der Waals surface area contributed by atoms with Gasteiger partial charge < -0.3 is 20.3 Å². The second-order valence-corrected chi connectivity index (χ2v) is 9.36. The van der Waals surface area contributed by atoms with Crippen molar-refractivity contribution in [2.45, 2.75) is 76.9 Å². The molecule has 2 aromatic rings. The predicted octanol–water partition coefficient (Wildman–Crippen LogP) is 3.19. The topological polar surface area (TPSA) is 101 Å². The Hall–Kier alpha value is -3.16. The van der Waals surface area contributed by atoms with Crippen LogP contribution in [0.15, 0.2) is 30.3 Å². The van der Waals surface area contributed by atoms with Crippen molar-refractivity contribution in [2.75, 3.05) is 13.2 Å². The van der Waals surface area contributed by atoms with Crippen LogP contribution in [-0.2, 0) is 9.59 Å². The first-order valence-electron chi connectivity index (χ1n) is 12.4. The molecule has 4 rings (SSSR count). The maximum Gasteiger partial charge on any atom is 0.270 e. The lowest BCUT2D eigenvalue weighted by Crippen LogP contribution is -2.51. The highest BCUT2D eigenvalue weighted by Gasteiger charge is 2.35. The summed E-state index contributed by atoms with van der Waals surface area (Å²) in [6.07, 6.45) is 6.48. The first-order valence-corrected chi connectivity index (χ1v) is 12.4. The van der Waals surface area contributed by atoms with Crippen molar-refractivity contribution in [3.8, 4) is 5.75 Å². The number of pyridine rings is 1. The Morgan fingerprint density at radius 2 is 1.97 bits per heavy atom. The van der Waals surface area contributed by atoms with Gasteiger partial charge in [0.1, 0.15) is 17.5 Å². The van der Waals surface area contributed by atoms with Gasteiger partial charge in [0, 0.05) is 30.1 Å². The van der Waals surface area contributed by atoms with Gasteiger partial charge >= 0.3 is 0 Å². The molecular weight excluding hydrogens is 432 g/mol. The van der Waals surface area contributed by atoms with E-state index in [4.69, 9.17) is 4.74 Å². The fourth-order valence-electron chi connectivity index (χ4n) is 4.59. The van der Waals surface area contributed by atoms with E-state index in [0.717, 1.165) is 43.9 Å². The number of hydrogen-bond acceptors (Lipinski definition) is 5. The summed E-state index contributed by atoms with van der Waals surface area (Å²) in [4.78, 5) is 44.5. The normalized spacial score (nSPS) is 18.9. The number of nitrogens with one attached hydrogen (secondary N) is 2. The molecule has 0 unspecified atom stereocenters. The molecule has 1 aromatic heterocycles. The van der Waals surface area contributed by atoms with Gasteiger partial charge in [-0.2, -0.15) is 0 Å². The summed E-state index contributed by atoms with van der Waals surface area (Å²) in [6, 6.07) is 8.82. The number of likely N-dealkylation sites (tertiary alicyclic amines) is 1. The van der Waals surface area contributed by atoms with E-state index in [0.29, 0.717) is 24.2 Å². The number of fused-ring (bicyclic) bond motifs is 1. The molecule has 2 heterocycles. The molecule has 0 bridgehead atoms. The molecule has 1 saturated carbocycles. The van der Waals surface area contributed by atoms with Crippen LogP contribution in [0.25, 0.3) is 10.9 Å². The van der Waals surface area contributed by atoms with Gasteiger partial charge in [-0.1, -0.05) is 25.5 Å². The monoisotopic (exact) mass is 466 g/mol. The van der Waals surface area contributed by atoms with Gasteiger partial charge in [0.15, 0.2) is 6.61 Å². The lowest BCUT2D eigenvalue weighted by atomic mass is 9.93. The van der Waals surface area contributed by atoms with E-state index in [2.05, 4.69) is 22.5 Å². The zero-order valence-corrected chi connectivity index (χ0v) is 20.0. The summed E-state index contributed by atoms with van der Waals surface area (Å²) in [7, 11) is 0. The van der Waals surface area contributed by atoms with Crippen molar-refractivity contribution in [1.29, 1.82) is 0 Å².